The number of nitrogens with zero attached hydrogens (tertiary/aromatic N) is 1. The van der Waals surface area contributed by atoms with Crippen molar-refractivity contribution < 1.29 is 18.3 Å². The van der Waals surface area contributed by atoms with Gasteiger partial charge in [-0.3, -0.25) is 0 Å². The van der Waals surface area contributed by atoms with Crippen molar-refractivity contribution in [2.75, 3.05) is 7.11 Å². The highest BCUT2D eigenvalue weighted by Crippen LogP contribution is 2.31. The van der Waals surface area contributed by atoms with Crippen LogP contribution in [0.5, 0.6) is 0 Å². The quantitative estimate of drug-likeness (QED) is 0.756. The third-order valence-corrected chi connectivity index (χ3v) is 2.67. The van der Waals surface area contributed by atoms with Gasteiger partial charge in [0.2, 0.25) is 0 Å². The Morgan fingerprint density at radius 3 is 2.44 bits per heavy atom. The summed E-state index contributed by atoms with van der Waals surface area (Å²) in [5.41, 5.74) is -0.136. The molecule has 0 aliphatic rings. The zero-order chi connectivity index (χ0) is 12.5. The lowest BCUT2D eigenvalue weighted by Gasteiger charge is -2.12. The molecule has 0 atom stereocenters. The molecule has 0 unspecified atom stereocenters. The van der Waals surface area contributed by atoms with E-state index < -0.39 is 12.4 Å². The van der Waals surface area contributed by atoms with Gasteiger partial charge in [-0.2, -0.15) is 0 Å². The van der Waals surface area contributed by atoms with E-state index in [2.05, 4.69) is 9.72 Å². The molecular weight excluding hydrogens is 240 g/mol. The van der Waals surface area contributed by atoms with Crippen LogP contribution in [0.1, 0.15) is 33.7 Å². The van der Waals surface area contributed by atoms with E-state index in [0.29, 0.717) is 0 Å². The highest BCUT2D eigenvalue weighted by atomic mass is 35.5. The fraction of sp³-hybridized carbons (Fsp3) is 0.400. The molecule has 0 aromatic carbocycles. The van der Waals surface area contributed by atoms with Gasteiger partial charge in [0.15, 0.2) is 5.69 Å². The SMILES string of the molecule is COC(=O)c1nc(C)c(C(F)F)c(C)c1Cl. The van der Waals surface area contributed by atoms with Crippen molar-refractivity contribution in [3.05, 3.63) is 27.5 Å². The van der Waals surface area contributed by atoms with E-state index in [1.54, 1.807) is 0 Å². The maximum Gasteiger partial charge on any atom is 0.358 e. The van der Waals surface area contributed by atoms with Crippen LogP contribution in [0.2, 0.25) is 5.02 Å². The van der Waals surface area contributed by atoms with Gasteiger partial charge in [-0.25, -0.2) is 18.6 Å². The summed E-state index contributed by atoms with van der Waals surface area (Å²) in [6.07, 6.45) is -2.67. The van der Waals surface area contributed by atoms with Crippen molar-refractivity contribution in [2.24, 2.45) is 0 Å². The minimum absolute atomic E-state index is 0.0808. The minimum atomic E-state index is -2.67. The summed E-state index contributed by atoms with van der Waals surface area (Å²) in [6, 6.07) is 0. The number of aryl methyl sites for hydroxylation is 1. The first-order valence-electron chi connectivity index (χ1n) is 4.43. The summed E-state index contributed by atoms with van der Waals surface area (Å²) in [5, 5.41) is -0.0900. The maximum atomic E-state index is 12.7. The van der Waals surface area contributed by atoms with Gasteiger partial charge in [0.1, 0.15) is 0 Å². The van der Waals surface area contributed by atoms with Crippen LogP contribution >= 0.6 is 11.6 Å². The van der Waals surface area contributed by atoms with Gasteiger partial charge in [0, 0.05) is 11.3 Å². The summed E-state index contributed by atoms with van der Waals surface area (Å²) in [4.78, 5) is 15.0. The summed E-state index contributed by atoms with van der Waals surface area (Å²) in [6.45, 7) is 2.82. The first-order chi connectivity index (χ1) is 7.40. The zero-order valence-electron chi connectivity index (χ0n) is 8.97. The number of halogens is 3. The van der Waals surface area contributed by atoms with Gasteiger partial charge in [0.25, 0.3) is 6.43 Å². The van der Waals surface area contributed by atoms with E-state index in [4.69, 9.17) is 11.6 Å². The molecule has 1 aromatic rings. The van der Waals surface area contributed by atoms with Crippen LogP contribution in [0.15, 0.2) is 0 Å². The number of alkyl halides is 2. The Kier molecular flexibility index (Phi) is 3.80. The lowest BCUT2D eigenvalue weighted by molar-refractivity contribution is 0.0593. The Bertz CT molecular complexity index is 435. The maximum absolute atomic E-state index is 12.7. The van der Waals surface area contributed by atoms with Gasteiger partial charge < -0.3 is 4.74 Å². The number of pyridine rings is 1. The van der Waals surface area contributed by atoms with Crippen molar-refractivity contribution in [1.82, 2.24) is 4.98 Å². The van der Waals surface area contributed by atoms with Gasteiger partial charge in [0.05, 0.1) is 12.1 Å². The molecule has 1 rings (SSSR count). The number of hydrogen-bond acceptors (Lipinski definition) is 3. The van der Waals surface area contributed by atoms with Crippen LogP contribution < -0.4 is 0 Å². The molecule has 0 fully saturated rings. The number of carbonyl (C=O) groups is 1. The number of aromatic nitrogens is 1. The second-order valence-electron chi connectivity index (χ2n) is 3.19. The van der Waals surface area contributed by atoms with Gasteiger partial charge in [-0.15, -0.1) is 0 Å². The lowest BCUT2D eigenvalue weighted by Crippen LogP contribution is -2.10. The Morgan fingerprint density at radius 1 is 1.44 bits per heavy atom. The van der Waals surface area contributed by atoms with Crippen molar-refractivity contribution >= 4 is 17.6 Å². The summed E-state index contributed by atoms with van der Waals surface area (Å²) < 4.78 is 29.8. The second kappa shape index (κ2) is 4.74. The molecule has 0 N–H and O–H groups in total. The topological polar surface area (TPSA) is 39.2 Å². The standard InChI is InChI=1S/C10H10ClF2NO2/c1-4-6(9(12)13)5(2)14-8(7(4)11)10(15)16-3/h9H,1-3H3. The third-order valence-electron chi connectivity index (χ3n) is 2.21. The van der Waals surface area contributed by atoms with E-state index >= 15 is 0 Å². The molecule has 0 saturated carbocycles. The van der Waals surface area contributed by atoms with Crippen LogP contribution in [0.25, 0.3) is 0 Å². The van der Waals surface area contributed by atoms with E-state index in [9.17, 15) is 13.6 Å². The summed E-state index contributed by atoms with van der Waals surface area (Å²) in [7, 11) is 1.17. The van der Waals surface area contributed by atoms with Crippen molar-refractivity contribution in [2.45, 2.75) is 20.3 Å². The molecule has 1 heterocycles. The fourth-order valence-electron chi connectivity index (χ4n) is 1.40. The predicted octanol–water partition coefficient (Wildman–Crippen LogP) is 3.08. The molecule has 0 aliphatic carbocycles. The Hall–Kier alpha value is -1.23. The van der Waals surface area contributed by atoms with Crippen LogP contribution in [-0.4, -0.2) is 18.1 Å². The van der Waals surface area contributed by atoms with Gasteiger partial charge in [-0.05, 0) is 19.4 Å². The van der Waals surface area contributed by atoms with Crippen molar-refractivity contribution in [1.29, 1.82) is 0 Å². The van der Waals surface area contributed by atoms with Gasteiger partial charge in [-0.1, -0.05) is 11.6 Å². The molecule has 16 heavy (non-hydrogen) atoms. The van der Waals surface area contributed by atoms with Crippen molar-refractivity contribution in [3.63, 3.8) is 0 Å². The lowest BCUT2D eigenvalue weighted by atomic mass is 10.1. The third kappa shape index (κ3) is 2.14. The van der Waals surface area contributed by atoms with E-state index in [0.717, 1.165) is 0 Å². The largest absolute Gasteiger partial charge is 0.464 e. The zero-order valence-corrected chi connectivity index (χ0v) is 9.73. The molecule has 1 aromatic heterocycles. The van der Waals surface area contributed by atoms with Crippen LogP contribution in [0.3, 0.4) is 0 Å². The first-order valence-corrected chi connectivity index (χ1v) is 4.81. The highest BCUT2D eigenvalue weighted by molar-refractivity contribution is 6.34. The summed E-state index contributed by atoms with van der Waals surface area (Å²) in [5.74, 6) is -0.739. The number of hydrogen-bond donors (Lipinski definition) is 0. The molecule has 0 radical (unpaired) electrons. The van der Waals surface area contributed by atoms with E-state index in [1.165, 1.54) is 21.0 Å². The number of carbonyl (C=O) groups excluding carboxylic acids is 1. The number of ether oxygens (including phenoxy) is 1. The molecule has 0 bridgehead atoms. The smallest absolute Gasteiger partial charge is 0.358 e. The van der Waals surface area contributed by atoms with Crippen molar-refractivity contribution in [3.8, 4) is 0 Å². The normalized spacial score (nSPS) is 10.7. The molecule has 88 valence electrons. The monoisotopic (exact) mass is 249 g/mol. The fourth-order valence-corrected chi connectivity index (χ4v) is 1.62. The molecule has 3 nitrogen and oxygen atoms in total. The Morgan fingerprint density at radius 2 is 2.00 bits per heavy atom. The molecular formula is C10H10ClF2NO2. The van der Waals surface area contributed by atoms with Crippen LogP contribution in [-0.2, 0) is 4.74 Å². The molecule has 0 spiro atoms. The van der Waals surface area contributed by atoms with Gasteiger partial charge >= 0.3 is 5.97 Å². The second-order valence-corrected chi connectivity index (χ2v) is 3.57. The Balaban J connectivity index is 3.45. The summed E-state index contributed by atoms with van der Waals surface area (Å²) >= 11 is 5.79. The predicted molar refractivity (Wildman–Crippen MR) is 55.0 cm³/mol. The van der Waals surface area contributed by atoms with E-state index in [1.807, 2.05) is 0 Å². The van der Waals surface area contributed by atoms with E-state index in [-0.39, 0.29) is 27.5 Å². The number of methoxy groups -OCH3 is 1. The number of esters is 1. The molecule has 0 amide bonds. The van der Waals surface area contributed by atoms with Crippen LogP contribution in [0.4, 0.5) is 8.78 Å². The average molecular weight is 250 g/mol. The van der Waals surface area contributed by atoms with Crippen LogP contribution in [0, 0.1) is 13.8 Å². The molecule has 0 aliphatic heterocycles. The average Bonchev–Trinajstić information content (AvgIpc) is 2.22. The minimum Gasteiger partial charge on any atom is -0.464 e. The molecule has 0 saturated heterocycles. The first kappa shape index (κ1) is 12.8. The molecule has 6 heteroatoms. The highest BCUT2D eigenvalue weighted by Gasteiger charge is 2.23. The number of rotatable bonds is 2. The Labute approximate surface area is 96.4 Å².